The molecular formula is C20H24FN. The number of unbranched alkanes of at least 4 members (excludes halogenated alkanes) is 2. The van der Waals surface area contributed by atoms with Crippen LogP contribution < -0.4 is 0 Å². The molecule has 0 unspecified atom stereocenters. The van der Waals surface area contributed by atoms with E-state index >= 15 is 0 Å². The molecule has 0 saturated heterocycles. The third-order valence-corrected chi connectivity index (χ3v) is 4.57. The molecule has 0 radical (unpaired) electrons. The monoisotopic (exact) mass is 297 g/mol. The fourth-order valence-electron chi connectivity index (χ4n) is 3.15. The fraction of sp³-hybridized carbons (Fsp3) is 0.550. The summed E-state index contributed by atoms with van der Waals surface area (Å²) in [6.45, 7) is 2.25. The van der Waals surface area contributed by atoms with Crippen molar-refractivity contribution in [1.82, 2.24) is 0 Å². The Bertz CT molecular complexity index is 580. The second-order valence-corrected chi connectivity index (χ2v) is 6.29. The van der Waals surface area contributed by atoms with Gasteiger partial charge in [-0.15, -0.1) is 0 Å². The highest BCUT2D eigenvalue weighted by molar-refractivity contribution is 5.41. The predicted molar refractivity (Wildman–Crippen MR) is 87.6 cm³/mol. The van der Waals surface area contributed by atoms with Crippen LogP contribution in [-0.4, -0.2) is 0 Å². The van der Waals surface area contributed by atoms with Gasteiger partial charge in [-0.1, -0.05) is 44.4 Å². The van der Waals surface area contributed by atoms with Gasteiger partial charge in [-0.2, -0.15) is 5.26 Å². The van der Waals surface area contributed by atoms with Crippen molar-refractivity contribution < 1.29 is 4.39 Å². The van der Waals surface area contributed by atoms with Crippen molar-refractivity contribution in [3.8, 4) is 17.9 Å². The van der Waals surface area contributed by atoms with Crippen LogP contribution in [0.3, 0.4) is 0 Å². The molecule has 1 fully saturated rings. The highest BCUT2D eigenvalue weighted by atomic mass is 19.1. The van der Waals surface area contributed by atoms with Crippen LogP contribution in [0.25, 0.3) is 0 Å². The highest BCUT2D eigenvalue weighted by Crippen LogP contribution is 2.31. The molecule has 0 amide bonds. The number of halogens is 1. The van der Waals surface area contributed by atoms with E-state index in [1.807, 2.05) is 6.07 Å². The van der Waals surface area contributed by atoms with Crippen LogP contribution in [0, 0.1) is 40.8 Å². The first-order chi connectivity index (χ1) is 10.7. The van der Waals surface area contributed by atoms with Crippen molar-refractivity contribution in [1.29, 1.82) is 5.26 Å². The second kappa shape index (κ2) is 8.60. The lowest BCUT2D eigenvalue weighted by molar-refractivity contribution is 0.294. The lowest BCUT2D eigenvalue weighted by Crippen LogP contribution is -2.13. The van der Waals surface area contributed by atoms with Crippen LogP contribution in [0.15, 0.2) is 18.2 Å². The Morgan fingerprint density at radius 3 is 2.59 bits per heavy atom. The smallest absolute Gasteiger partial charge is 0.142 e. The van der Waals surface area contributed by atoms with Crippen molar-refractivity contribution >= 4 is 0 Å². The minimum Gasteiger partial charge on any atom is -0.206 e. The van der Waals surface area contributed by atoms with E-state index in [4.69, 9.17) is 5.26 Å². The molecule has 116 valence electrons. The number of benzene rings is 1. The summed E-state index contributed by atoms with van der Waals surface area (Å²) in [6.07, 6.45) is 10.3. The molecule has 1 aliphatic rings. The third-order valence-electron chi connectivity index (χ3n) is 4.57. The van der Waals surface area contributed by atoms with Crippen LogP contribution in [0.5, 0.6) is 0 Å². The normalized spacial score (nSPS) is 20.8. The maximum atomic E-state index is 13.5. The topological polar surface area (TPSA) is 23.8 Å². The first-order valence-corrected chi connectivity index (χ1v) is 8.44. The molecule has 0 atom stereocenters. The molecule has 2 rings (SSSR count). The van der Waals surface area contributed by atoms with Crippen LogP contribution in [-0.2, 0) is 0 Å². The molecule has 0 spiro atoms. The summed E-state index contributed by atoms with van der Waals surface area (Å²) in [4.78, 5) is 0. The number of hydrogen-bond donors (Lipinski definition) is 0. The standard InChI is InChI=1S/C20H24FN/c1-2-3-4-5-16-6-8-17(9-7-16)10-11-18-12-13-19(15-22)20(21)14-18/h12-14,16-17H,2-9H2,1H3/t16-,17-. The van der Waals surface area contributed by atoms with Gasteiger partial charge >= 0.3 is 0 Å². The quantitative estimate of drug-likeness (QED) is 0.536. The van der Waals surface area contributed by atoms with Gasteiger partial charge in [0.1, 0.15) is 11.9 Å². The average molecular weight is 297 g/mol. The molecule has 2 heteroatoms. The van der Waals surface area contributed by atoms with Gasteiger partial charge in [0, 0.05) is 11.5 Å². The predicted octanol–water partition coefficient (Wildman–Crippen LogP) is 5.44. The SMILES string of the molecule is CCCCC[C@H]1CC[C@H](C#Cc2ccc(C#N)c(F)c2)CC1. The Hall–Kier alpha value is -1.80. The van der Waals surface area contributed by atoms with E-state index in [0.29, 0.717) is 11.5 Å². The maximum absolute atomic E-state index is 13.5. The zero-order valence-corrected chi connectivity index (χ0v) is 13.4. The van der Waals surface area contributed by atoms with Gasteiger partial charge in [0.2, 0.25) is 0 Å². The van der Waals surface area contributed by atoms with Crippen LogP contribution in [0.1, 0.15) is 69.4 Å². The van der Waals surface area contributed by atoms with E-state index in [0.717, 1.165) is 5.92 Å². The van der Waals surface area contributed by atoms with E-state index < -0.39 is 5.82 Å². The van der Waals surface area contributed by atoms with Gasteiger partial charge in [0.25, 0.3) is 0 Å². The Kier molecular flexibility index (Phi) is 6.47. The molecule has 1 nitrogen and oxygen atoms in total. The molecule has 1 aliphatic carbocycles. The summed E-state index contributed by atoms with van der Waals surface area (Å²) < 4.78 is 13.5. The molecule has 0 heterocycles. The lowest BCUT2D eigenvalue weighted by atomic mass is 9.80. The van der Waals surface area contributed by atoms with Crippen molar-refractivity contribution in [2.24, 2.45) is 11.8 Å². The molecular weight excluding hydrogens is 273 g/mol. The van der Waals surface area contributed by atoms with E-state index in [1.165, 1.54) is 63.5 Å². The molecule has 1 aromatic rings. The minimum atomic E-state index is -0.478. The van der Waals surface area contributed by atoms with Crippen molar-refractivity contribution in [2.45, 2.75) is 58.3 Å². The van der Waals surface area contributed by atoms with Gasteiger partial charge < -0.3 is 0 Å². The largest absolute Gasteiger partial charge is 0.206 e. The van der Waals surface area contributed by atoms with E-state index in [2.05, 4.69) is 18.8 Å². The zero-order chi connectivity index (χ0) is 15.8. The number of hydrogen-bond acceptors (Lipinski definition) is 1. The van der Waals surface area contributed by atoms with Gasteiger partial charge in [-0.05, 0) is 49.8 Å². The van der Waals surface area contributed by atoms with Crippen molar-refractivity contribution in [2.75, 3.05) is 0 Å². The Balaban J connectivity index is 1.84. The fourth-order valence-corrected chi connectivity index (χ4v) is 3.15. The van der Waals surface area contributed by atoms with Crippen LogP contribution in [0.4, 0.5) is 4.39 Å². The molecule has 0 bridgehead atoms. The molecule has 0 aromatic heterocycles. The van der Waals surface area contributed by atoms with E-state index in [-0.39, 0.29) is 5.56 Å². The van der Waals surface area contributed by atoms with Gasteiger partial charge in [-0.25, -0.2) is 4.39 Å². The first-order valence-electron chi connectivity index (χ1n) is 8.44. The maximum Gasteiger partial charge on any atom is 0.142 e. The van der Waals surface area contributed by atoms with Crippen LogP contribution >= 0.6 is 0 Å². The summed E-state index contributed by atoms with van der Waals surface area (Å²) >= 11 is 0. The van der Waals surface area contributed by atoms with Gasteiger partial charge in [0.05, 0.1) is 5.56 Å². The molecule has 1 aromatic carbocycles. The second-order valence-electron chi connectivity index (χ2n) is 6.29. The molecule has 0 N–H and O–H groups in total. The highest BCUT2D eigenvalue weighted by Gasteiger charge is 2.19. The van der Waals surface area contributed by atoms with Gasteiger partial charge in [-0.3, -0.25) is 0 Å². The Morgan fingerprint density at radius 1 is 1.18 bits per heavy atom. The summed E-state index contributed by atoms with van der Waals surface area (Å²) in [7, 11) is 0. The van der Waals surface area contributed by atoms with Gasteiger partial charge in [0.15, 0.2) is 0 Å². The lowest BCUT2D eigenvalue weighted by Gasteiger charge is -2.25. The number of nitriles is 1. The number of nitrogens with zero attached hydrogens (tertiary/aromatic N) is 1. The molecule has 0 aliphatic heterocycles. The molecule has 1 saturated carbocycles. The van der Waals surface area contributed by atoms with E-state index in [1.54, 1.807) is 6.07 Å². The summed E-state index contributed by atoms with van der Waals surface area (Å²) in [5.74, 6) is 7.22. The summed E-state index contributed by atoms with van der Waals surface area (Å²) in [5.41, 5.74) is 0.750. The number of rotatable bonds is 4. The van der Waals surface area contributed by atoms with Crippen LogP contribution in [0.2, 0.25) is 0 Å². The average Bonchev–Trinajstić information content (AvgIpc) is 2.54. The van der Waals surface area contributed by atoms with Crippen molar-refractivity contribution in [3.05, 3.63) is 35.1 Å². The molecule has 22 heavy (non-hydrogen) atoms. The summed E-state index contributed by atoms with van der Waals surface area (Å²) in [5, 5.41) is 8.72. The minimum absolute atomic E-state index is 0.0816. The van der Waals surface area contributed by atoms with E-state index in [9.17, 15) is 4.39 Å². The first kappa shape index (κ1) is 16.6. The van der Waals surface area contributed by atoms with Crippen molar-refractivity contribution in [3.63, 3.8) is 0 Å². The Labute approximate surface area is 133 Å². The third kappa shape index (κ3) is 4.88. The Morgan fingerprint density at radius 2 is 1.95 bits per heavy atom. The summed E-state index contributed by atoms with van der Waals surface area (Å²) in [6, 6.07) is 6.42. The zero-order valence-electron chi connectivity index (χ0n) is 13.4.